The summed E-state index contributed by atoms with van der Waals surface area (Å²) in [7, 11) is 1.64. The van der Waals surface area contributed by atoms with Crippen LogP contribution >= 0.6 is 24.0 Å². The lowest BCUT2D eigenvalue weighted by Crippen LogP contribution is -2.48. The average molecular weight is 492 g/mol. The van der Waals surface area contributed by atoms with Crippen molar-refractivity contribution in [2.45, 2.75) is 39.8 Å². The maximum Gasteiger partial charge on any atom is 0.239 e. The summed E-state index contributed by atoms with van der Waals surface area (Å²) >= 11 is 0. The topological polar surface area (TPSA) is 84.0 Å². The third kappa shape index (κ3) is 12.5. The van der Waals surface area contributed by atoms with Gasteiger partial charge in [-0.3, -0.25) is 4.79 Å². The van der Waals surface area contributed by atoms with Crippen molar-refractivity contribution in [1.82, 2.24) is 16.0 Å². The van der Waals surface area contributed by atoms with Crippen LogP contribution < -0.4 is 20.7 Å². The zero-order valence-electron chi connectivity index (χ0n) is 16.9. The van der Waals surface area contributed by atoms with Gasteiger partial charge in [0, 0.05) is 19.2 Å². The lowest BCUT2D eigenvalue weighted by atomic mass is 10.1. The van der Waals surface area contributed by atoms with E-state index in [1.165, 1.54) is 0 Å². The van der Waals surface area contributed by atoms with E-state index in [2.05, 4.69) is 20.9 Å². The van der Waals surface area contributed by atoms with E-state index < -0.39 is 0 Å². The summed E-state index contributed by atoms with van der Waals surface area (Å²) in [5, 5.41) is 9.10. The predicted molar refractivity (Wildman–Crippen MR) is 120 cm³/mol. The molecule has 154 valence electrons. The molecule has 1 rings (SSSR count). The highest BCUT2D eigenvalue weighted by Gasteiger charge is 2.13. The molecular weight excluding hydrogens is 459 g/mol. The van der Waals surface area contributed by atoms with Crippen LogP contribution in [0.1, 0.15) is 33.3 Å². The van der Waals surface area contributed by atoms with Crippen LogP contribution in [0.15, 0.2) is 29.3 Å². The van der Waals surface area contributed by atoms with E-state index in [4.69, 9.17) is 9.47 Å². The number of nitrogens with one attached hydrogen (secondary N) is 3. The van der Waals surface area contributed by atoms with Crippen molar-refractivity contribution in [2.75, 3.05) is 33.4 Å². The largest absolute Gasteiger partial charge is 0.491 e. The number of hydrogen-bond acceptors (Lipinski definition) is 4. The molecule has 0 fully saturated rings. The van der Waals surface area contributed by atoms with Crippen LogP contribution in [-0.4, -0.2) is 50.8 Å². The van der Waals surface area contributed by atoms with Crippen LogP contribution in [-0.2, 0) is 16.1 Å². The second-order valence-corrected chi connectivity index (χ2v) is 6.84. The van der Waals surface area contributed by atoms with Gasteiger partial charge in [0.25, 0.3) is 0 Å². The summed E-state index contributed by atoms with van der Waals surface area (Å²) in [4.78, 5) is 16.5. The molecule has 0 radical (unpaired) electrons. The Balaban J connectivity index is 0.00000676. The molecular formula is C19H33IN4O3. The predicted octanol–water partition coefficient (Wildman–Crippen LogP) is 2.30. The molecule has 0 saturated carbocycles. The highest BCUT2D eigenvalue weighted by Crippen LogP contribution is 2.14. The zero-order valence-corrected chi connectivity index (χ0v) is 19.3. The molecule has 0 unspecified atom stereocenters. The summed E-state index contributed by atoms with van der Waals surface area (Å²) in [5.41, 5.74) is 0.772. The average Bonchev–Trinajstić information content (AvgIpc) is 2.56. The lowest BCUT2D eigenvalue weighted by molar-refractivity contribution is -0.121. The van der Waals surface area contributed by atoms with E-state index in [-0.39, 0.29) is 42.0 Å². The van der Waals surface area contributed by atoms with Gasteiger partial charge in [-0.05, 0) is 45.4 Å². The Morgan fingerprint density at radius 1 is 1.19 bits per heavy atom. The number of carbonyl (C=O) groups is 1. The SMILES string of the molecule is CCNC(=NCc1cccc(OCCOC)c1)NCC(=O)NC(C)(C)C.I. The van der Waals surface area contributed by atoms with Crippen LogP contribution in [0.4, 0.5) is 0 Å². The molecule has 7 nitrogen and oxygen atoms in total. The number of rotatable bonds is 9. The first-order valence-corrected chi connectivity index (χ1v) is 8.88. The Kier molecular flexibility index (Phi) is 12.8. The monoisotopic (exact) mass is 492 g/mol. The minimum Gasteiger partial charge on any atom is -0.491 e. The smallest absolute Gasteiger partial charge is 0.239 e. The van der Waals surface area contributed by atoms with Gasteiger partial charge in [0.2, 0.25) is 5.91 Å². The standard InChI is InChI=1S/C19H32N4O3.HI/c1-6-20-18(22-14-17(24)23-19(2,3)4)21-13-15-8-7-9-16(12-15)26-11-10-25-5;/h7-9,12H,6,10-11,13-14H2,1-5H3,(H,23,24)(H2,20,21,22);1H. The van der Waals surface area contributed by atoms with Gasteiger partial charge in [-0.25, -0.2) is 4.99 Å². The molecule has 1 amide bonds. The Hall–Kier alpha value is -1.55. The number of aliphatic imine (C=N–C) groups is 1. The molecule has 1 aromatic rings. The molecule has 0 bridgehead atoms. The number of amides is 1. The number of methoxy groups -OCH3 is 1. The third-order valence-corrected chi connectivity index (χ3v) is 3.15. The van der Waals surface area contributed by atoms with Gasteiger partial charge in [0.05, 0.1) is 19.7 Å². The first-order chi connectivity index (χ1) is 12.3. The van der Waals surface area contributed by atoms with E-state index in [9.17, 15) is 4.79 Å². The van der Waals surface area contributed by atoms with Crippen LogP contribution in [0, 0.1) is 0 Å². The van der Waals surface area contributed by atoms with Gasteiger partial charge in [-0.1, -0.05) is 12.1 Å². The van der Waals surface area contributed by atoms with Crippen molar-refractivity contribution in [3.8, 4) is 5.75 Å². The van der Waals surface area contributed by atoms with Gasteiger partial charge in [-0.15, -0.1) is 24.0 Å². The van der Waals surface area contributed by atoms with E-state index >= 15 is 0 Å². The van der Waals surface area contributed by atoms with E-state index in [0.29, 0.717) is 32.3 Å². The third-order valence-electron chi connectivity index (χ3n) is 3.15. The Morgan fingerprint density at radius 3 is 2.56 bits per heavy atom. The number of nitrogens with zero attached hydrogens (tertiary/aromatic N) is 1. The summed E-state index contributed by atoms with van der Waals surface area (Å²) in [6, 6.07) is 7.78. The molecule has 0 saturated heterocycles. The van der Waals surface area contributed by atoms with Gasteiger partial charge in [-0.2, -0.15) is 0 Å². The van der Waals surface area contributed by atoms with Crippen molar-refractivity contribution < 1.29 is 14.3 Å². The molecule has 1 aromatic carbocycles. The summed E-state index contributed by atoms with van der Waals surface area (Å²) in [6.07, 6.45) is 0. The number of benzene rings is 1. The van der Waals surface area contributed by atoms with Crippen LogP contribution in [0.25, 0.3) is 0 Å². The van der Waals surface area contributed by atoms with Crippen LogP contribution in [0.5, 0.6) is 5.75 Å². The Morgan fingerprint density at radius 2 is 1.93 bits per heavy atom. The van der Waals surface area contributed by atoms with Crippen molar-refractivity contribution >= 4 is 35.8 Å². The van der Waals surface area contributed by atoms with Gasteiger partial charge in [0.15, 0.2) is 5.96 Å². The second-order valence-electron chi connectivity index (χ2n) is 6.84. The van der Waals surface area contributed by atoms with E-state index in [0.717, 1.165) is 11.3 Å². The fourth-order valence-corrected chi connectivity index (χ4v) is 2.12. The van der Waals surface area contributed by atoms with Gasteiger partial charge in [0.1, 0.15) is 12.4 Å². The molecule has 0 aliphatic carbocycles. The fraction of sp³-hybridized carbons (Fsp3) is 0.579. The number of ether oxygens (including phenoxy) is 2. The molecule has 0 spiro atoms. The van der Waals surface area contributed by atoms with Gasteiger partial charge >= 0.3 is 0 Å². The lowest BCUT2D eigenvalue weighted by Gasteiger charge is -2.21. The van der Waals surface area contributed by atoms with Crippen molar-refractivity contribution in [3.05, 3.63) is 29.8 Å². The number of guanidine groups is 1. The molecule has 8 heteroatoms. The molecule has 0 aliphatic heterocycles. The first-order valence-electron chi connectivity index (χ1n) is 8.88. The molecule has 3 N–H and O–H groups in total. The normalized spacial score (nSPS) is 11.4. The minimum atomic E-state index is -0.252. The summed E-state index contributed by atoms with van der Waals surface area (Å²) in [6.45, 7) is 10.3. The maximum absolute atomic E-state index is 11.9. The summed E-state index contributed by atoms with van der Waals surface area (Å²) < 4.78 is 10.6. The number of halogens is 1. The van der Waals surface area contributed by atoms with E-state index in [1.54, 1.807) is 7.11 Å². The van der Waals surface area contributed by atoms with Crippen molar-refractivity contribution in [3.63, 3.8) is 0 Å². The van der Waals surface area contributed by atoms with Crippen molar-refractivity contribution in [1.29, 1.82) is 0 Å². The highest BCUT2D eigenvalue weighted by atomic mass is 127. The molecule has 0 aliphatic rings. The van der Waals surface area contributed by atoms with E-state index in [1.807, 2.05) is 52.0 Å². The zero-order chi connectivity index (χ0) is 19.4. The summed E-state index contributed by atoms with van der Waals surface area (Å²) in [5.74, 6) is 1.32. The molecule has 0 atom stereocenters. The van der Waals surface area contributed by atoms with Crippen LogP contribution in [0.2, 0.25) is 0 Å². The Bertz CT molecular complexity index is 589. The van der Waals surface area contributed by atoms with Crippen LogP contribution in [0.3, 0.4) is 0 Å². The van der Waals surface area contributed by atoms with Crippen molar-refractivity contribution in [2.24, 2.45) is 4.99 Å². The molecule has 0 heterocycles. The number of carbonyl (C=O) groups excluding carboxylic acids is 1. The fourth-order valence-electron chi connectivity index (χ4n) is 2.12. The quantitative estimate of drug-likeness (QED) is 0.213. The molecule has 27 heavy (non-hydrogen) atoms. The van der Waals surface area contributed by atoms with Gasteiger partial charge < -0.3 is 25.4 Å². The molecule has 0 aromatic heterocycles. The minimum absolute atomic E-state index is 0. The second kappa shape index (κ2) is 13.6. The maximum atomic E-state index is 11.9. The highest BCUT2D eigenvalue weighted by molar-refractivity contribution is 14.0. The number of hydrogen-bond donors (Lipinski definition) is 3. The Labute approximate surface area is 179 Å². The first kappa shape index (κ1) is 25.4.